The number of aryl methyl sites for hydroxylation is 2. The summed E-state index contributed by atoms with van der Waals surface area (Å²) < 4.78 is 5.12. The molecule has 0 aliphatic carbocycles. The lowest BCUT2D eigenvalue weighted by molar-refractivity contribution is -0.136. The summed E-state index contributed by atoms with van der Waals surface area (Å²) in [6, 6.07) is 3.81. The lowest BCUT2D eigenvalue weighted by Gasteiger charge is -2.35. The molecule has 3 amide bonds. The number of anilines is 2. The van der Waals surface area contributed by atoms with E-state index >= 15 is 0 Å². The van der Waals surface area contributed by atoms with Crippen molar-refractivity contribution in [3.63, 3.8) is 0 Å². The van der Waals surface area contributed by atoms with E-state index < -0.39 is 11.8 Å². The Hall–Kier alpha value is -2.45. The summed E-state index contributed by atoms with van der Waals surface area (Å²) in [5, 5.41) is 5.56. The van der Waals surface area contributed by atoms with Crippen LogP contribution in [0.3, 0.4) is 0 Å². The molecule has 1 aromatic carbocycles. The standard InChI is InChI=1S/C23H32N4O4/c1-31-12-11-26-9-6-16(7-10-26)15-24-22(29)23(30)25-19-13-17-3-2-8-27-20(28)5-4-18(14-19)21(17)27/h13-14,16H,2-12,15H2,1H3,(H,24,29)(H,25,30). The normalized spacial score (nSPS) is 19.1. The number of rotatable bonds is 6. The van der Waals surface area contributed by atoms with Crippen LogP contribution in [0.4, 0.5) is 11.4 Å². The highest BCUT2D eigenvalue weighted by atomic mass is 16.5. The van der Waals surface area contributed by atoms with E-state index in [-0.39, 0.29) is 5.91 Å². The Morgan fingerprint density at radius 3 is 2.55 bits per heavy atom. The van der Waals surface area contributed by atoms with E-state index in [0.29, 0.717) is 31.0 Å². The van der Waals surface area contributed by atoms with Crippen molar-refractivity contribution in [2.24, 2.45) is 5.92 Å². The number of likely N-dealkylation sites (tertiary alicyclic amines) is 1. The summed E-state index contributed by atoms with van der Waals surface area (Å²) in [6.45, 7) is 4.95. The van der Waals surface area contributed by atoms with Crippen LogP contribution in [-0.4, -0.2) is 69.1 Å². The van der Waals surface area contributed by atoms with Crippen molar-refractivity contribution in [2.75, 3.05) is 56.7 Å². The Labute approximate surface area is 183 Å². The number of ether oxygens (including phenoxy) is 1. The van der Waals surface area contributed by atoms with E-state index in [1.807, 2.05) is 17.0 Å². The Morgan fingerprint density at radius 2 is 1.81 bits per heavy atom. The minimum atomic E-state index is -0.635. The molecule has 0 radical (unpaired) electrons. The molecule has 1 saturated heterocycles. The minimum Gasteiger partial charge on any atom is -0.383 e. The molecule has 0 aromatic heterocycles. The average Bonchev–Trinajstić information content (AvgIpc) is 2.79. The van der Waals surface area contributed by atoms with E-state index in [0.717, 1.165) is 75.3 Å². The van der Waals surface area contributed by atoms with E-state index in [1.165, 1.54) is 0 Å². The predicted molar refractivity (Wildman–Crippen MR) is 118 cm³/mol. The quantitative estimate of drug-likeness (QED) is 0.667. The van der Waals surface area contributed by atoms with Gasteiger partial charge in [-0.1, -0.05) is 0 Å². The zero-order valence-corrected chi connectivity index (χ0v) is 18.2. The summed E-state index contributed by atoms with van der Waals surface area (Å²) in [5.41, 5.74) is 3.80. The zero-order chi connectivity index (χ0) is 21.8. The molecule has 4 rings (SSSR count). The van der Waals surface area contributed by atoms with E-state index in [4.69, 9.17) is 4.74 Å². The van der Waals surface area contributed by atoms with Crippen LogP contribution < -0.4 is 15.5 Å². The number of carbonyl (C=O) groups is 3. The molecule has 1 aromatic rings. The molecular formula is C23H32N4O4. The monoisotopic (exact) mass is 428 g/mol. The molecule has 1 fully saturated rings. The van der Waals surface area contributed by atoms with Gasteiger partial charge in [0, 0.05) is 38.9 Å². The topological polar surface area (TPSA) is 91.0 Å². The van der Waals surface area contributed by atoms with E-state index in [2.05, 4.69) is 15.5 Å². The molecule has 168 valence electrons. The summed E-state index contributed by atoms with van der Waals surface area (Å²) in [6.07, 6.45) is 4.99. The van der Waals surface area contributed by atoms with Gasteiger partial charge in [0.15, 0.2) is 0 Å². The molecule has 2 N–H and O–H groups in total. The van der Waals surface area contributed by atoms with Gasteiger partial charge in [-0.15, -0.1) is 0 Å². The van der Waals surface area contributed by atoms with Crippen molar-refractivity contribution in [3.05, 3.63) is 23.3 Å². The van der Waals surface area contributed by atoms with Crippen molar-refractivity contribution in [3.8, 4) is 0 Å². The largest absolute Gasteiger partial charge is 0.383 e. The molecule has 3 heterocycles. The van der Waals surface area contributed by atoms with Gasteiger partial charge in [-0.25, -0.2) is 0 Å². The third-order valence-corrected chi connectivity index (χ3v) is 6.61. The van der Waals surface area contributed by atoms with Gasteiger partial charge < -0.3 is 25.2 Å². The molecule has 31 heavy (non-hydrogen) atoms. The number of hydrogen-bond donors (Lipinski definition) is 2. The second-order valence-electron chi connectivity index (χ2n) is 8.73. The van der Waals surface area contributed by atoms with Gasteiger partial charge >= 0.3 is 11.8 Å². The van der Waals surface area contributed by atoms with Crippen LogP contribution in [0.5, 0.6) is 0 Å². The number of hydrogen-bond acceptors (Lipinski definition) is 5. The highest BCUT2D eigenvalue weighted by molar-refractivity contribution is 6.39. The van der Waals surface area contributed by atoms with Crippen molar-refractivity contribution >= 4 is 29.1 Å². The predicted octanol–water partition coefficient (Wildman–Crippen LogP) is 1.33. The smallest absolute Gasteiger partial charge is 0.313 e. The molecule has 0 atom stereocenters. The molecule has 3 aliphatic rings. The fourth-order valence-corrected chi connectivity index (χ4v) is 4.87. The number of amides is 3. The van der Waals surface area contributed by atoms with Gasteiger partial charge in [0.05, 0.1) is 12.3 Å². The first kappa shape index (κ1) is 21.8. The van der Waals surface area contributed by atoms with Crippen LogP contribution in [0.1, 0.15) is 36.8 Å². The summed E-state index contributed by atoms with van der Waals surface area (Å²) in [4.78, 5) is 41.2. The highest BCUT2D eigenvalue weighted by Crippen LogP contribution is 2.37. The molecule has 3 aliphatic heterocycles. The maximum Gasteiger partial charge on any atom is 0.313 e. The van der Waals surface area contributed by atoms with Gasteiger partial charge in [-0.2, -0.15) is 0 Å². The van der Waals surface area contributed by atoms with Crippen LogP contribution in [-0.2, 0) is 32.0 Å². The maximum atomic E-state index is 12.4. The number of methoxy groups -OCH3 is 1. The average molecular weight is 429 g/mol. The van der Waals surface area contributed by atoms with Gasteiger partial charge in [-0.05, 0) is 74.4 Å². The number of nitrogens with zero attached hydrogens (tertiary/aromatic N) is 2. The Bertz CT molecular complexity index is 831. The van der Waals surface area contributed by atoms with Crippen LogP contribution >= 0.6 is 0 Å². The molecule has 8 heteroatoms. The zero-order valence-electron chi connectivity index (χ0n) is 18.2. The van der Waals surface area contributed by atoms with Crippen molar-refractivity contribution in [2.45, 2.75) is 38.5 Å². The Kier molecular flexibility index (Phi) is 6.87. The van der Waals surface area contributed by atoms with Crippen LogP contribution in [0, 0.1) is 5.92 Å². The van der Waals surface area contributed by atoms with Crippen molar-refractivity contribution < 1.29 is 19.1 Å². The second kappa shape index (κ2) is 9.78. The molecule has 8 nitrogen and oxygen atoms in total. The number of carbonyl (C=O) groups excluding carboxylic acids is 3. The van der Waals surface area contributed by atoms with Crippen molar-refractivity contribution in [1.82, 2.24) is 10.2 Å². The SMILES string of the molecule is COCCN1CCC(CNC(=O)C(=O)Nc2cc3c4c(c2)CCC(=O)N4CCC3)CC1. The summed E-state index contributed by atoms with van der Waals surface area (Å²) >= 11 is 0. The fraction of sp³-hybridized carbons (Fsp3) is 0.609. The lowest BCUT2D eigenvalue weighted by Crippen LogP contribution is -2.42. The first-order valence-corrected chi connectivity index (χ1v) is 11.3. The summed E-state index contributed by atoms with van der Waals surface area (Å²) in [5.74, 6) is -0.657. The lowest BCUT2D eigenvalue weighted by atomic mass is 9.91. The third kappa shape index (κ3) is 5.07. The molecule has 0 saturated carbocycles. The van der Waals surface area contributed by atoms with E-state index in [1.54, 1.807) is 7.11 Å². The van der Waals surface area contributed by atoms with Crippen LogP contribution in [0.25, 0.3) is 0 Å². The van der Waals surface area contributed by atoms with Gasteiger partial charge in [0.2, 0.25) is 5.91 Å². The number of benzene rings is 1. The van der Waals surface area contributed by atoms with E-state index in [9.17, 15) is 14.4 Å². The van der Waals surface area contributed by atoms with Crippen LogP contribution in [0.2, 0.25) is 0 Å². The number of piperidine rings is 1. The minimum absolute atomic E-state index is 0.175. The first-order chi connectivity index (χ1) is 15.0. The Morgan fingerprint density at radius 1 is 1.06 bits per heavy atom. The molecule has 0 spiro atoms. The summed E-state index contributed by atoms with van der Waals surface area (Å²) in [7, 11) is 1.71. The second-order valence-corrected chi connectivity index (χ2v) is 8.73. The third-order valence-electron chi connectivity index (χ3n) is 6.61. The fourth-order valence-electron chi connectivity index (χ4n) is 4.87. The Balaban J connectivity index is 1.29. The van der Waals surface area contributed by atoms with Gasteiger partial charge in [0.1, 0.15) is 0 Å². The molecule has 0 bridgehead atoms. The van der Waals surface area contributed by atoms with Gasteiger partial charge in [-0.3, -0.25) is 14.4 Å². The van der Waals surface area contributed by atoms with Crippen molar-refractivity contribution in [1.29, 1.82) is 0 Å². The maximum absolute atomic E-state index is 12.4. The highest BCUT2D eigenvalue weighted by Gasteiger charge is 2.30. The van der Waals surface area contributed by atoms with Gasteiger partial charge in [0.25, 0.3) is 0 Å². The first-order valence-electron chi connectivity index (χ1n) is 11.3. The van der Waals surface area contributed by atoms with Crippen LogP contribution in [0.15, 0.2) is 12.1 Å². The molecular weight excluding hydrogens is 396 g/mol. The number of nitrogens with one attached hydrogen (secondary N) is 2. The molecule has 0 unspecified atom stereocenters.